The number of hydrogen-bond acceptors (Lipinski definition) is 7. The summed E-state index contributed by atoms with van der Waals surface area (Å²) in [5.41, 5.74) is 0.937. The Kier molecular flexibility index (Phi) is 5.11. The first-order valence-corrected chi connectivity index (χ1v) is 7.63. The van der Waals surface area contributed by atoms with E-state index in [1.54, 1.807) is 6.20 Å². The summed E-state index contributed by atoms with van der Waals surface area (Å²) >= 11 is 1.52. The molecule has 0 saturated heterocycles. The molecule has 0 fully saturated rings. The lowest BCUT2D eigenvalue weighted by Crippen LogP contribution is -2.07. The van der Waals surface area contributed by atoms with E-state index in [1.807, 2.05) is 32.2 Å². The highest BCUT2D eigenvalue weighted by Crippen LogP contribution is 2.17. The van der Waals surface area contributed by atoms with E-state index in [0.29, 0.717) is 6.54 Å². The van der Waals surface area contributed by atoms with Crippen molar-refractivity contribution in [3.8, 4) is 0 Å². The molecule has 0 radical (unpaired) electrons. The van der Waals surface area contributed by atoms with Crippen LogP contribution in [0.15, 0.2) is 23.5 Å². The molecular formula is C13H18N6S. The molecule has 0 spiro atoms. The summed E-state index contributed by atoms with van der Waals surface area (Å²) < 4.78 is 0. The Labute approximate surface area is 122 Å². The molecule has 0 aliphatic carbocycles. The topological polar surface area (TPSA) is 75.6 Å². The summed E-state index contributed by atoms with van der Waals surface area (Å²) in [7, 11) is 0. The minimum Gasteiger partial charge on any atom is -0.370 e. The molecule has 7 heteroatoms. The predicted octanol–water partition coefficient (Wildman–Crippen LogP) is 2.34. The lowest BCUT2D eigenvalue weighted by Gasteiger charge is -2.09. The first kappa shape index (κ1) is 14.5. The van der Waals surface area contributed by atoms with Gasteiger partial charge in [0.2, 0.25) is 0 Å². The van der Waals surface area contributed by atoms with Crippen molar-refractivity contribution in [1.82, 2.24) is 19.9 Å². The highest BCUT2D eigenvalue weighted by atomic mass is 32.2. The zero-order chi connectivity index (χ0) is 14.4. The molecule has 2 aromatic heterocycles. The van der Waals surface area contributed by atoms with Gasteiger partial charge in [-0.25, -0.2) is 19.9 Å². The molecule has 0 aliphatic heterocycles. The minimum atomic E-state index is 0.611. The molecule has 0 bridgehead atoms. The zero-order valence-corrected chi connectivity index (χ0v) is 12.7. The first-order valence-electron chi connectivity index (χ1n) is 6.40. The first-order chi connectivity index (χ1) is 9.71. The Hall–Kier alpha value is -1.89. The molecule has 6 nitrogen and oxygen atoms in total. The third-order valence-electron chi connectivity index (χ3n) is 2.53. The maximum absolute atomic E-state index is 4.43. The second kappa shape index (κ2) is 7.04. The number of nitrogens with one attached hydrogen (secondary N) is 2. The molecule has 0 unspecified atom stereocenters. The van der Waals surface area contributed by atoms with Crippen LogP contribution in [-0.4, -0.2) is 32.7 Å². The van der Waals surface area contributed by atoms with E-state index in [1.165, 1.54) is 11.8 Å². The van der Waals surface area contributed by atoms with Crippen LogP contribution < -0.4 is 10.6 Å². The van der Waals surface area contributed by atoms with Crippen LogP contribution in [0.4, 0.5) is 11.6 Å². The molecule has 0 atom stereocenters. The molecule has 0 amide bonds. The highest BCUT2D eigenvalue weighted by molar-refractivity contribution is 7.98. The fraction of sp³-hybridized carbons (Fsp3) is 0.385. The Morgan fingerprint density at radius 2 is 1.90 bits per heavy atom. The molecule has 2 rings (SSSR count). The van der Waals surface area contributed by atoms with E-state index in [4.69, 9.17) is 0 Å². The lowest BCUT2D eigenvalue weighted by molar-refractivity contribution is 0.922. The Balaban J connectivity index is 2.10. The molecule has 0 aliphatic rings. The van der Waals surface area contributed by atoms with Gasteiger partial charge in [0.15, 0.2) is 5.16 Å². The Morgan fingerprint density at radius 3 is 2.55 bits per heavy atom. The van der Waals surface area contributed by atoms with Crippen LogP contribution in [0, 0.1) is 6.92 Å². The van der Waals surface area contributed by atoms with Crippen LogP contribution in [0.5, 0.6) is 0 Å². The average molecular weight is 290 g/mol. The van der Waals surface area contributed by atoms with Gasteiger partial charge in [0, 0.05) is 18.8 Å². The van der Waals surface area contributed by atoms with Crippen molar-refractivity contribution < 1.29 is 0 Å². The molecule has 2 N–H and O–H groups in total. The third-order valence-corrected chi connectivity index (χ3v) is 3.08. The largest absolute Gasteiger partial charge is 0.370 e. The summed E-state index contributed by atoms with van der Waals surface area (Å²) in [6.07, 6.45) is 3.72. The Morgan fingerprint density at radius 1 is 1.15 bits per heavy atom. The van der Waals surface area contributed by atoms with Crippen LogP contribution in [0.25, 0.3) is 0 Å². The average Bonchev–Trinajstić information content (AvgIpc) is 2.45. The number of anilines is 2. The second-order valence-electron chi connectivity index (χ2n) is 4.10. The summed E-state index contributed by atoms with van der Waals surface area (Å²) in [6, 6.07) is 3.79. The predicted molar refractivity (Wildman–Crippen MR) is 82.1 cm³/mol. The van der Waals surface area contributed by atoms with E-state index >= 15 is 0 Å². The van der Waals surface area contributed by atoms with Gasteiger partial charge in [-0.3, -0.25) is 0 Å². The highest BCUT2D eigenvalue weighted by Gasteiger charge is 2.04. The third kappa shape index (κ3) is 4.06. The summed E-state index contributed by atoms with van der Waals surface area (Å²) in [5.74, 6) is 2.38. The van der Waals surface area contributed by atoms with Crippen molar-refractivity contribution >= 4 is 23.4 Å². The van der Waals surface area contributed by atoms with Crippen LogP contribution in [-0.2, 0) is 6.54 Å². The Bertz CT molecular complexity index is 575. The van der Waals surface area contributed by atoms with E-state index in [2.05, 4.69) is 30.6 Å². The maximum atomic E-state index is 4.43. The smallest absolute Gasteiger partial charge is 0.191 e. The zero-order valence-electron chi connectivity index (χ0n) is 11.8. The molecular weight excluding hydrogens is 272 g/mol. The van der Waals surface area contributed by atoms with E-state index in [9.17, 15) is 0 Å². The minimum absolute atomic E-state index is 0.611. The molecule has 20 heavy (non-hydrogen) atoms. The molecule has 2 aromatic rings. The van der Waals surface area contributed by atoms with Crippen LogP contribution in [0.1, 0.15) is 18.4 Å². The van der Waals surface area contributed by atoms with Gasteiger partial charge in [0.25, 0.3) is 0 Å². The van der Waals surface area contributed by atoms with Gasteiger partial charge in [-0.05, 0) is 26.2 Å². The normalized spacial score (nSPS) is 10.3. The summed E-state index contributed by atoms with van der Waals surface area (Å²) in [6.45, 7) is 5.36. The van der Waals surface area contributed by atoms with Gasteiger partial charge in [-0.15, -0.1) is 0 Å². The molecule has 2 heterocycles. The van der Waals surface area contributed by atoms with Gasteiger partial charge in [-0.2, -0.15) is 0 Å². The van der Waals surface area contributed by atoms with Crippen molar-refractivity contribution in [2.75, 3.05) is 23.4 Å². The van der Waals surface area contributed by atoms with Gasteiger partial charge in [0.1, 0.15) is 17.5 Å². The summed E-state index contributed by atoms with van der Waals surface area (Å²) in [5, 5.41) is 7.21. The fourth-order valence-electron chi connectivity index (χ4n) is 1.66. The van der Waals surface area contributed by atoms with Crippen molar-refractivity contribution in [1.29, 1.82) is 0 Å². The fourth-order valence-corrected chi connectivity index (χ4v) is 2.04. The van der Waals surface area contributed by atoms with Gasteiger partial charge < -0.3 is 10.6 Å². The van der Waals surface area contributed by atoms with Crippen molar-refractivity contribution in [3.05, 3.63) is 29.8 Å². The van der Waals surface area contributed by atoms with Crippen LogP contribution >= 0.6 is 11.8 Å². The van der Waals surface area contributed by atoms with Crippen molar-refractivity contribution in [3.63, 3.8) is 0 Å². The SMILES string of the molecule is CCNc1cc(NCc2ccnc(C)n2)nc(SC)n1. The number of thioether (sulfide) groups is 1. The van der Waals surface area contributed by atoms with Crippen molar-refractivity contribution in [2.45, 2.75) is 25.5 Å². The molecule has 106 valence electrons. The number of hydrogen-bond donors (Lipinski definition) is 2. The van der Waals surface area contributed by atoms with Crippen LogP contribution in [0.2, 0.25) is 0 Å². The van der Waals surface area contributed by atoms with E-state index < -0.39 is 0 Å². The molecule has 0 aromatic carbocycles. The summed E-state index contributed by atoms with van der Waals surface area (Å²) in [4.78, 5) is 17.2. The van der Waals surface area contributed by atoms with E-state index in [0.717, 1.165) is 34.9 Å². The van der Waals surface area contributed by atoms with E-state index in [-0.39, 0.29) is 0 Å². The molecule has 0 saturated carbocycles. The van der Waals surface area contributed by atoms with Gasteiger partial charge in [0.05, 0.1) is 12.2 Å². The number of aromatic nitrogens is 4. The standard InChI is InChI=1S/C13H18N6S/c1-4-14-11-7-12(19-13(18-11)20-3)16-8-10-5-6-15-9(2)17-10/h5-7H,4,8H2,1-3H3,(H2,14,16,18,19). The lowest BCUT2D eigenvalue weighted by atomic mass is 10.4. The quantitative estimate of drug-likeness (QED) is 0.624. The number of nitrogens with zero attached hydrogens (tertiary/aromatic N) is 4. The van der Waals surface area contributed by atoms with Crippen LogP contribution in [0.3, 0.4) is 0 Å². The van der Waals surface area contributed by atoms with Gasteiger partial charge in [-0.1, -0.05) is 11.8 Å². The van der Waals surface area contributed by atoms with Gasteiger partial charge >= 0.3 is 0 Å². The number of rotatable bonds is 6. The monoisotopic (exact) mass is 290 g/mol. The maximum Gasteiger partial charge on any atom is 0.191 e. The number of aryl methyl sites for hydroxylation is 1. The van der Waals surface area contributed by atoms with Crippen molar-refractivity contribution in [2.24, 2.45) is 0 Å². The second-order valence-corrected chi connectivity index (χ2v) is 4.88.